The summed E-state index contributed by atoms with van der Waals surface area (Å²) in [4.78, 5) is 29.0. The minimum absolute atomic E-state index is 0.00386. The van der Waals surface area contributed by atoms with Crippen molar-refractivity contribution < 1.29 is 27.2 Å². The summed E-state index contributed by atoms with van der Waals surface area (Å²) in [6.45, 7) is 1.40. The summed E-state index contributed by atoms with van der Waals surface area (Å²) in [5.41, 5.74) is 9.44. The standard InChI is InChI=1S/C27H23F4N5O2/c1-13-20(22-21(25(32)37)18-10-9-17(28)11-19(18)34-23(22)26(33)38)24(27(29,30)31)35-36(13)12-14-5-7-16(8-6-14)15-3-2-4-15/h5-11,15H,2-4,12H2,1H3,(H2,32,37)(H2,33,38). The van der Waals surface area contributed by atoms with E-state index < -0.39 is 51.9 Å². The van der Waals surface area contributed by atoms with Gasteiger partial charge in [0.1, 0.15) is 11.5 Å². The van der Waals surface area contributed by atoms with E-state index in [0.29, 0.717) is 5.92 Å². The average molecular weight is 526 g/mol. The number of pyridine rings is 1. The molecule has 0 aliphatic heterocycles. The van der Waals surface area contributed by atoms with Crippen LogP contribution in [-0.2, 0) is 12.7 Å². The van der Waals surface area contributed by atoms with E-state index in [2.05, 4.69) is 10.1 Å². The van der Waals surface area contributed by atoms with Crippen molar-refractivity contribution in [3.63, 3.8) is 0 Å². The molecule has 0 saturated heterocycles. The van der Waals surface area contributed by atoms with Crippen LogP contribution in [0.5, 0.6) is 0 Å². The summed E-state index contributed by atoms with van der Waals surface area (Å²) in [6.07, 6.45) is -1.54. The first-order valence-electron chi connectivity index (χ1n) is 11.9. The minimum atomic E-state index is -4.96. The molecule has 1 aliphatic rings. The van der Waals surface area contributed by atoms with Crippen molar-refractivity contribution in [2.45, 2.75) is 44.8 Å². The Morgan fingerprint density at radius 3 is 2.26 bits per heavy atom. The number of hydrogen-bond donors (Lipinski definition) is 2. The Balaban J connectivity index is 1.73. The monoisotopic (exact) mass is 525 g/mol. The van der Waals surface area contributed by atoms with E-state index in [1.807, 2.05) is 24.3 Å². The molecule has 11 heteroatoms. The molecule has 0 radical (unpaired) electrons. The molecule has 38 heavy (non-hydrogen) atoms. The van der Waals surface area contributed by atoms with Crippen LogP contribution in [0, 0.1) is 12.7 Å². The van der Waals surface area contributed by atoms with E-state index in [0.717, 1.165) is 35.2 Å². The smallest absolute Gasteiger partial charge is 0.366 e. The number of carbonyl (C=O) groups is 2. The van der Waals surface area contributed by atoms with Crippen molar-refractivity contribution in [2.24, 2.45) is 11.5 Å². The maximum atomic E-state index is 14.3. The predicted molar refractivity (Wildman–Crippen MR) is 132 cm³/mol. The van der Waals surface area contributed by atoms with Gasteiger partial charge in [0.25, 0.3) is 5.91 Å². The highest BCUT2D eigenvalue weighted by atomic mass is 19.4. The van der Waals surface area contributed by atoms with Crippen molar-refractivity contribution in [3.05, 3.63) is 82.1 Å². The van der Waals surface area contributed by atoms with Gasteiger partial charge in [-0.05, 0) is 48.9 Å². The molecule has 0 bridgehead atoms. The van der Waals surface area contributed by atoms with Crippen LogP contribution in [0.25, 0.3) is 22.0 Å². The van der Waals surface area contributed by atoms with Crippen molar-refractivity contribution in [3.8, 4) is 11.1 Å². The number of nitrogens with zero attached hydrogens (tertiary/aromatic N) is 3. The summed E-state index contributed by atoms with van der Waals surface area (Å²) in [6, 6.07) is 10.7. The van der Waals surface area contributed by atoms with E-state index in [1.54, 1.807) is 0 Å². The van der Waals surface area contributed by atoms with Crippen LogP contribution in [0.3, 0.4) is 0 Å². The number of halogens is 4. The average Bonchev–Trinajstić information content (AvgIpc) is 3.13. The van der Waals surface area contributed by atoms with E-state index in [9.17, 15) is 27.2 Å². The fourth-order valence-electron chi connectivity index (χ4n) is 4.92. The van der Waals surface area contributed by atoms with Crippen LogP contribution in [0.2, 0.25) is 0 Å². The van der Waals surface area contributed by atoms with Gasteiger partial charge in [0.15, 0.2) is 5.69 Å². The number of carbonyl (C=O) groups excluding carboxylic acids is 2. The SMILES string of the molecule is Cc1c(-c2c(C(N)=O)nc3cc(F)ccc3c2C(N)=O)c(C(F)(F)F)nn1Cc1ccc(C2CCC2)cc1. The van der Waals surface area contributed by atoms with Gasteiger partial charge >= 0.3 is 6.18 Å². The van der Waals surface area contributed by atoms with Crippen LogP contribution >= 0.6 is 0 Å². The molecule has 0 spiro atoms. The third kappa shape index (κ3) is 4.37. The van der Waals surface area contributed by atoms with E-state index in [-0.39, 0.29) is 23.1 Å². The normalized spacial score (nSPS) is 14.0. The summed E-state index contributed by atoms with van der Waals surface area (Å²) < 4.78 is 58.0. The number of alkyl halides is 3. The van der Waals surface area contributed by atoms with Gasteiger partial charge in [0.2, 0.25) is 5.91 Å². The summed E-state index contributed by atoms with van der Waals surface area (Å²) >= 11 is 0. The number of aromatic nitrogens is 3. The first-order chi connectivity index (χ1) is 18.0. The van der Waals surface area contributed by atoms with Crippen molar-refractivity contribution in [1.82, 2.24) is 14.8 Å². The molecular weight excluding hydrogens is 502 g/mol. The lowest BCUT2D eigenvalue weighted by Gasteiger charge is -2.25. The molecule has 1 saturated carbocycles. The van der Waals surface area contributed by atoms with Gasteiger partial charge in [0, 0.05) is 28.3 Å². The summed E-state index contributed by atoms with van der Waals surface area (Å²) in [7, 11) is 0. The van der Waals surface area contributed by atoms with E-state index in [4.69, 9.17) is 11.5 Å². The zero-order chi connectivity index (χ0) is 27.4. The summed E-state index contributed by atoms with van der Waals surface area (Å²) in [5.74, 6) is -2.56. The molecule has 2 aromatic carbocycles. The lowest BCUT2D eigenvalue weighted by Crippen LogP contribution is -2.21. The number of nitrogens with two attached hydrogens (primary N) is 2. The fraction of sp³-hybridized carbons (Fsp3) is 0.259. The molecule has 2 aromatic heterocycles. The predicted octanol–water partition coefficient (Wildman–Crippen LogP) is 5.08. The third-order valence-corrected chi connectivity index (χ3v) is 7.04. The number of hydrogen-bond acceptors (Lipinski definition) is 4. The van der Waals surface area contributed by atoms with E-state index in [1.165, 1.54) is 25.0 Å². The largest absolute Gasteiger partial charge is 0.435 e. The van der Waals surface area contributed by atoms with Crippen LogP contribution < -0.4 is 11.5 Å². The lowest BCUT2D eigenvalue weighted by atomic mass is 9.80. The van der Waals surface area contributed by atoms with Crippen LogP contribution in [-0.4, -0.2) is 26.6 Å². The third-order valence-electron chi connectivity index (χ3n) is 7.04. The first-order valence-corrected chi connectivity index (χ1v) is 11.9. The molecule has 0 atom stereocenters. The zero-order valence-corrected chi connectivity index (χ0v) is 20.3. The Morgan fingerprint density at radius 2 is 1.71 bits per heavy atom. The minimum Gasteiger partial charge on any atom is -0.366 e. The van der Waals surface area contributed by atoms with Crippen LogP contribution in [0.1, 0.15) is 68.5 Å². The molecule has 4 N–H and O–H groups in total. The van der Waals surface area contributed by atoms with Gasteiger partial charge in [-0.1, -0.05) is 30.7 Å². The molecule has 1 aliphatic carbocycles. The Labute approximate surface area is 214 Å². The molecule has 7 nitrogen and oxygen atoms in total. The Morgan fingerprint density at radius 1 is 1.03 bits per heavy atom. The number of benzene rings is 2. The van der Waals surface area contributed by atoms with Crippen molar-refractivity contribution in [1.29, 1.82) is 0 Å². The first kappa shape index (κ1) is 25.4. The lowest BCUT2D eigenvalue weighted by molar-refractivity contribution is -0.141. The Kier molecular flexibility index (Phi) is 6.16. The second-order valence-corrected chi connectivity index (χ2v) is 9.43. The highest BCUT2D eigenvalue weighted by Gasteiger charge is 2.41. The maximum Gasteiger partial charge on any atom is 0.435 e. The quantitative estimate of drug-likeness (QED) is 0.342. The molecule has 2 heterocycles. The molecule has 196 valence electrons. The van der Waals surface area contributed by atoms with Crippen molar-refractivity contribution in [2.75, 3.05) is 0 Å². The van der Waals surface area contributed by atoms with Crippen molar-refractivity contribution >= 4 is 22.7 Å². The van der Waals surface area contributed by atoms with Gasteiger partial charge in [-0.25, -0.2) is 9.37 Å². The van der Waals surface area contributed by atoms with Crippen LogP contribution in [0.4, 0.5) is 17.6 Å². The van der Waals surface area contributed by atoms with Gasteiger partial charge < -0.3 is 11.5 Å². The molecular formula is C27H23F4N5O2. The highest BCUT2D eigenvalue weighted by Crippen LogP contribution is 2.42. The van der Waals surface area contributed by atoms with E-state index >= 15 is 0 Å². The fourth-order valence-corrected chi connectivity index (χ4v) is 4.92. The topological polar surface area (TPSA) is 117 Å². The van der Waals surface area contributed by atoms with Gasteiger partial charge in [-0.15, -0.1) is 0 Å². The van der Waals surface area contributed by atoms with Gasteiger partial charge in [-0.3, -0.25) is 14.3 Å². The molecule has 4 aromatic rings. The van der Waals surface area contributed by atoms with Gasteiger partial charge in [-0.2, -0.15) is 18.3 Å². The second kappa shape index (κ2) is 9.23. The number of rotatable bonds is 6. The molecule has 5 rings (SSSR count). The molecule has 2 amide bonds. The number of primary amides is 2. The van der Waals surface area contributed by atoms with Crippen LogP contribution in [0.15, 0.2) is 42.5 Å². The second-order valence-electron chi connectivity index (χ2n) is 9.43. The molecule has 0 unspecified atom stereocenters. The summed E-state index contributed by atoms with van der Waals surface area (Å²) in [5, 5.41) is 3.81. The number of amides is 2. The Hall–Kier alpha value is -4.28. The zero-order valence-electron chi connectivity index (χ0n) is 20.3. The molecule has 1 fully saturated rings. The van der Waals surface area contributed by atoms with Gasteiger partial charge in [0.05, 0.1) is 17.6 Å². The maximum absolute atomic E-state index is 14.3. The Bertz CT molecular complexity index is 1590. The highest BCUT2D eigenvalue weighted by molar-refractivity contribution is 6.15. The number of fused-ring (bicyclic) bond motifs is 1.